The molecule has 3 aliphatic rings. The molecule has 0 saturated carbocycles. The molecule has 1 spiro atoms. The number of aromatic nitrogens is 1. The highest BCUT2D eigenvalue weighted by molar-refractivity contribution is 7.97. The number of carbonyl (C=O) groups is 1. The van der Waals surface area contributed by atoms with Crippen LogP contribution >= 0.6 is 23.5 Å². The first-order chi connectivity index (χ1) is 14.1. The maximum absolute atomic E-state index is 12.8. The van der Waals surface area contributed by atoms with Crippen LogP contribution in [0.4, 0.5) is 5.69 Å². The van der Waals surface area contributed by atoms with Gasteiger partial charge >= 0.3 is 0 Å². The Bertz CT molecular complexity index is 891. The number of hydrogen-bond donors (Lipinski definition) is 0. The van der Waals surface area contributed by atoms with Crippen LogP contribution < -0.4 is 4.90 Å². The third-order valence-electron chi connectivity index (χ3n) is 5.93. The molecule has 6 nitrogen and oxygen atoms in total. The fourth-order valence-electron chi connectivity index (χ4n) is 4.42. The van der Waals surface area contributed by atoms with Crippen molar-refractivity contribution in [2.24, 2.45) is 0 Å². The zero-order valence-electron chi connectivity index (χ0n) is 16.0. The minimum absolute atomic E-state index is 0.154. The number of amides is 1. The first-order valence-corrected chi connectivity index (χ1v) is 11.1. The van der Waals surface area contributed by atoms with Gasteiger partial charge in [-0.2, -0.15) is 0 Å². The molecule has 29 heavy (non-hydrogen) atoms. The lowest BCUT2D eigenvalue weighted by molar-refractivity contribution is -0.144. The van der Waals surface area contributed by atoms with Crippen molar-refractivity contribution in [2.75, 3.05) is 37.6 Å². The first kappa shape index (κ1) is 19.2. The van der Waals surface area contributed by atoms with Gasteiger partial charge in [0.2, 0.25) is 5.91 Å². The molecule has 1 aromatic heterocycles. The van der Waals surface area contributed by atoms with Crippen LogP contribution in [0.1, 0.15) is 12.8 Å². The predicted molar refractivity (Wildman–Crippen MR) is 114 cm³/mol. The number of fused-ring (bicyclic) bond motifs is 1. The van der Waals surface area contributed by atoms with E-state index in [1.54, 1.807) is 24.3 Å². The molecule has 3 fully saturated rings. The van der Waals surface area contributed by atoms with Gasteiger partial charge in [-0.05, 0) is 43.0 Å². The zero-order valence-corrected chi connectivity index (χ0v) is 17.6. The standard InChI is InChI=1S/C21H23ClN4O2S/c22-17-12-23-9-6-18(17)24-10-7-21(8-11-24)15-26-19(27)13-25(14-20(26)28-21)29-16-4-2-1-3-5-16/h1-6,9,12,20H,7-8,10-11,13-15H2. The van der Waals surface area contributed by atoms with Crippen LogP contribution in [0.2, 0.25) is 5.02 Å². The Kier molecular flexibility index (Phi) is 5.16. The van der Waals surface area contributed by atoms with Gasteiger partial charge in [0, 0.05) is 30.4 Å². The summed E-state index contributed by atoms with van der Waals surface area (Å²) in [7, 11) is 0. The van der Waals surface area contributed by atoms with E-state index in [0.717, 1.165) is 43.1 Å². The fourth-order valence-corrected chi connectivity index (χ4v) is 5.62. The van der Waals surface area contributed by atoms with Crippen molar-refractivity contribution in [2.45, 2.75) is 29.6 Å². The van der Waals surface area contributed by atoms with Crippen molar-refractivity contribution in [3.8, 4) is 0 Å². The number of halogens is 1. The van der Waals surface area contributed by atoms with Gasteiger partial charge in [-0.25, -0.2) is 4.31 Å². The summed E-state index contributed by atoms with van der Waals surface area (Å²) in [5.41, 5.74) is 0.776. The molecule has 1 aromatic carbocycles. The fraction of sp³-hybridized carbons (Fsp3) is 0.429. The number of ether oxygens (including phenoxy) is 1. The van der Waals surface area contributed by atoms with Crippen molar-refractivity contribution < 1.29 is 9.53 Å². The van der Waals surface area contributed by atoms with Crippen molar-refractivity contribution in [1.29, 1.82) is 0 Å². The van der Waals surface area contributed by atoms with Gasteiger partial charge in [0.05, 0.1) is 35.9 Å². The summed E-state index contributed by atoms with van der Waals surface area (Å²) in [5.74, 6) is 0.154. The maximum Gasteiger partial charge on any atom is 0.239 e. The maximum atomic E-state index is 12.8. The number of rotatable bonds is 3. The molecule has 1 amide bonds. The van der Waals surface area contributed by atoms with E-state index >= 15 is 0 Å². The molecule has 1 unspecified atom stereocenters. The van der Waals surface area contributed by atoms with Crippen LogP contribution in [0, 0.1) is 0 Å². The van der Waals surface area contributed by atoms with E-state index in [0.29, 0.717) is 18.1 Å². The minimum atomic E-state index is -0.246. The minimum Gasteiger partial charge on any atom is -0.370 e. The summed E-state index contributed by atoms with van der Waals surface area (Å²) in [4.78, 5) is 22.2. The van der Waals surface area contributed by atoms with Gasteiger partial charge in [0.25, 0.3) is 0 Å². The van der Waals surface area contributed by atoms with Crippen LogP contribution in [0.25, 0.3) is 0 Å². The first-order valence-electron chi connectivity index (χ1n) is 9.92. The Morgan fingerprint density at radius 3 is 2.72 bits per heavy atom. The molecular weight excluding hydrogens is 408 g/mol. The number of nitrogens with zero attached hydrogens (tertiary/aromatic N) is 4. The van der Waals surface area contributed by atoms with Gasteiger partial charge in [-0.1, -0.05) is 29.8 Å². The molecule has 0 N–H and O–H groups in total. The van der Waals surface area contributed by atoms with Crippen molar-refractivity contribution in [1.82, 2.24) is 14.2 Å². The van der Waals surface area contributed by atoms with Gasteiger partial charge in [0.1, 0.15) is 6.23 Å². The Hall–Kier alpha value is -1.80. The van der Waals surface area contributed by atoms with E-state index in [9.17, 15) is 4.79 Å². The number of piperidine rings is 1. The number of benzene rings is 1. The van der Waals surface area contributed by atoms with E-state index in [2.05, 4.69) is 26.3 Å². The number of hydrogen-bond acceptors (Lipinski definition) is 6. The normalized spacial score (nSPS) is 24.2. The van der Waals surface area contributed by atoms with Crippen LogP contribution in [-0.4, -0.2) is 64.6 Å². The third-order valence-corrected chi connectivity index (χ3v) is 7.24. The summed E-state index contributed by atoms with van der Waals surface area (Å²) in [6, 6.07) is 12.1. The SMILES string of the molecule is O=C1CN(Sc2ccccc2)CC2OC3(CCN(c4ccncc4Cl)CC3)CN12. The molecule has 0 radical (unpaired) electrons. The van der Waals surface area contributed by atoms with Crippen molar-refractivity contribution in [3.05, 3.63) is 53.8 Å². The second-order valence-corrected chi connectivity index (χ2v) is 9.40. The quantitative estimate of drug-likeness (QED) is 0.696. The Morgan fingerprint density at radius 2 is 1.97 bits per heavy atom. The molecule has 3 saturated heterocycles. The number of carbonyl (C=O) groups excluding carboxylic acids is 1. The molecule has 0 bridgehead atoms. The van der Waals surface area contributed by atoms with Gasteiger partial charge < -0.3 is 14.5 Å². The molecule has 152 valence electrons. The predicted octanol–water partition coefficient (Wildman–Crippen LogP) is 3.28. The molecule has 4 heterocycles. The van der Waals surface area contributed by atoms with E-state index < -0.39 is 0 Å². The highest BCUT2D eigenvalue weighted by Crippen LogP contribution is 2.40. The van der Waals surface area contributed by atoms with Gasteiger partial charge in [0.15, 0.2) is 0 Å². The Balaban J connectivity index is 1.24. The molecular formula is C21H23ClN4O2S. The number of pyridine rings is 1. The third kappa shape index (κ3) is 3.84. The molecule has 8 heteroatoms. The van der Waals surface area contributed by atoms with E-state index in [-0.39, 0.29) is 17.7 Å². The summed E-state index contributed by atoms with van der Waals surface area (Å²) in [6.07, 6.45) is 5.07. The second-order valence-electron chi connectivity index (χ2n) is 7.82. The van der Waals surface area contributed by atoms with E-state index in [1.807, 2.05) is 29.2 Å². The highest BCUT2D eigenvalue weighted by Gasteiger charge is 2.50. The topological polar surface area (TPSA) is 48.9 Å². The van der Waals surface area contributed by atoms with Crippen molar-refractivity contribution >= 4 is 35.1 Å². The molecule has 5 rings (SSSR count). The van der Waals surface area contributed by atoms with Crippen molar-refractivity contribution in [3.63, 3.8) is 0 Å². The highest BCUT2D eigenvalue weighted by atomic mass is 35.5. The summed E-state index contributed by atoms with van der Waals surface area (Å²) in [6.45, 7) is 3.57. The second kappa shape index (κ2) is 7.80. The van der Waals surface area contributed by atoms with E-state index in [1.165, 1.54) is 0 Å². The lowest BCUT2D eigenvalue weighted by atomic mass is 9.91. The number of piperazine rings is 1. The van der Waals surface area contributed by atoms with E-state index in [4.69, 9.17) is 16.3 Å². The lowest BCUT2D eigenvalue weighted by Crippen LogP contribution is -2.52. The molecule has 1 atom stereocenters. The molecule has 0 aliphatic carbocycles. The average molecular weight is 431 g/mol. The Labute approximate surface area is 179 Å². The van der Waals surface area contributed by atoms with Gasteiger partial charge in [-0.3, -0.25) is 9.78 Å². The largest absolute Gasteiger partial charge is 0.370 e. The lowest BCUT2D eigenvalue weighted by Gasteiger charge is -2.39. The summed E-state index contributed by atoms with van der Waals surface area (Å²) >= 11 is 7.94. The smallest absolute Gasteiger partial charge is 0.239 e. The molecule has 3 aliphatic heterocycles. The zero-order chi connectivity index (χ0) is 19.8. The monoisotopic (exact) mass is 430 g/mol. The van der Waals surface area contributed by atoms with Crippen LogP contribution in [0.3, 0.4) is 0 Å². The summed E-state index contributed by atoms with van der Waals surface area (Å²) in [5, 5.41) is 0.678. The van der Waals surface area contributed by atoms with Crippen LogP contribution in [-0.2, 0) is 9.53 Å². The Morgan fingerprint density at radius 1 is 1.17 bits per heavy atom. The van der Waals surface area contributed by atoms with Gasteiger partial charge in [-0.15, -0.1) is 0 Å². The average Bonchev–Trinajstić information content (AvgIpc) is 3.08. The van der Waals surface area contributed by atoms with Crippen LogP contribution in [0.5, 0.6) is 0 Å². The van der Waals surface area contributed by atoms with Crippen LogP contribution in [0.15, 0.2) is 53.7 Å². The summed E-state index contributed by atoms with van der Waals surface area (Å²) < 4.78 is 8.64. The molecule has 2 aromatic rings. The number of anilines is 1.